The molecule has 162 valence electrons. The first-order chi connectivity index (χ1) is 15.3. The van der Waals surface area contributed by atoms with Crippen molar-refractivity contribution in [3.8, 4) is 17.6 Å². The molecule has 0 aliphatic rings. The second kappa shape index (κ2) is 10.3. The highest BCUT2D eigenvalue weighted by Crippen LogP contribution is 2.22. The number of hydrogen-bond donors (Lipinski definition) is 1. The minimum Gasteiger partial charge on any atom is -0.497 e. The molecule has 1 N–H and O–H groups in total. The lowest BCUT2D eigenvalue weighted by atomic mass is 10.1. The Balaban J connectivity index is 1.72. The highest BCUT2D eigenvalue weighted by molar-refractivity contribution is 14.1. The van der Waals surface area contributed by atoms with Gasteiger partial charge in [0.05, 0.1) is 7.11 Å². The zero-order chi connectivity index (χ0) is 23.1. The smallest absolute Gasteiger partial charge is 0.339 e. The molecular formula is C23H17IN2O5S. The molecule has 3 aromatic rings. The van der Waals surface area contributed by atoms with E-state index in [1.165, 1.54) is 49.6 Å². The van der Waals surface area contributed by atoms with Crippen molar-refractivity contribution in [1.82, 2.24) is 0 Å². The summed E-state index contributed by atoms with van der Waals surface area (Å²) < 4.78 is 36.0. The van der Waals surface area contributed by atoms with Crippen LogP contribution in [-0.4, -0.2) is 21.4 Å². The van der Waals surface area contributed by atoms with E-state index in [9.17, 15) is 18.5 Å². The largest absolute Gasteiger partial charge is 0.497 e. The summed E-state index contributed by atoms with van der Waals surface area (Å²) in [7, 11) is -2.53. The predicted octanol–water partition coefficient (Wildman–Crippen LogP) is 4.61. The molecule has 0 spiro atoms. The van der Waals surface area contributed by atoms with Gasteiger partial charge in [-0.25, -0.2) is 0 Å². The van der Waals surface area contributed by atoms with Crippen LogP contribution in [0.2, 0.25) is 0 Å². The Morgan fingerprint density at radius 2 is 1.69 bits per heavy atom. The number of benzene rings is 3. The molecule has 0 atom stereocenters. The van der Waals surface area contributed by atoms with E-state index in [1.807, 2.05) is 12.1 Å². The van der Waals surface area contributed by atoms with E-state index < -0.39 is 16.0 Å². The number of nitriles is 1. The fraction of sp³-hybridized carbons (Fsp3) is 0.0435. The van der Waals surface area contributed by atoms with Crippen LogP contribution in [0.15, 0.2) is 83.3 Å². The van der Waals surface area contributed by atoms with Crippen LogP contribution in [0.1, 0.15) is 5.56 Å². The molecule has 0 radical (unpaired) electrons. The van der Waals surface area contributed by atoms with Crippen molar-refractivity contribution in [2.75, 3.05) is 12.4 Å². The van der Waals surface area contributed by atoms with Gasteiger partial charge in [0.15, 0.2) is 0 Å². The van der Waals surface area contributed by atoms with Gasteiger partial charge < -0.3 is 14.2 Å². The Morgan fingerprint density at radius 3 is 2.28 bits per heavy atom. The van der Waals surface area contributed by atoms with Gasteiger partial charge in [0.1, 0.15) is 28.0 Å². The van der Waals surface area contributed by atoms with E-state index >= 15 is 0 Å². The van der Waals surface area contributed by atoms with Gasteiger partial charge in [0, 0.05) is 9.26 Å². The van der Waals surface area contributed by atoms with Crippen LogP contribution >= 0.6 is 22.6 Å². The molecule has 0 saturated carbocycles. The third-order valence-electron chi connectivity index (χ3n) is 4.19. The van der Waals surface area contributed by atoms with Crippen LogP contribution in [0.5, 0.6) is 11.5 Å². The van der Waals surface area contributed by atoms with Crippen molar-refractivity contribution < 1.29 is 22.1 Å². The molecule has 0 unspecified atom stereocenters. The number of carbonyl (C=O) groups excluding carboxylic acids is 1. The molecule has 32 heavy (non-hydrogen) atoms. The van der Waals surface area contributed by atoms with Crippen LogP contribution in [0.4, 0.5) is 5.69 Å². The van der Waals surface area contributed by atoms with Crippen LogP contribution < -0.4 is 14.2 Å². The van der Waals surface area contributed by atoms with E-state index in [0.717, 1.165) is 3.57 Å². The molecule has 3 rings (SSSR count). The van der Waals surface area contributed by atoms with E-state index in [-0.39, 0.29) is 16.2 Å². The molecule has 0 aliphatic heterocycles. The first-order valence-corrected chi connectivity index (χ1v) is 11.7. The predicted molar refractivity (Wildman–Crippen MR) is 129 cm³/mol. The summed E-state index contributed by atoms with van der Waals surface area (Å²) in [5.74, 6) is 0.0797. The standard InChI is InChI=1S/C23H17IN2O5S/c1-30-20-9-11-22(12-10-20)32(28,29)31-21-7-5-16(6-8-21)13-17(15-25)23(27)26-19-4-2-3-18(24)14-19/h2-14H,1H3,(H,26,27)/b17-13+. The summed E-state index contributed by atoms with van der Waals surface area (Å²) in [6, 6.07) is 20.9. The summed E-state index contributed by atoms with van der Waals surface area (Å²) in [6.45, 7) is 0. The molecule has 1 amide bonds. The lowest BCUT2D eigenvalue weighted by Crippen LogP contribution is -2.13. The Morgan fingerprint density at radius 1 is 1.03 bits per heavy atom. The summed E-state index contributed by atoms with van der Waals surface area (Å²) in [5.41, 5.74) is 1.02. The molecule has 0 fully saturated rings. The molecule has 7 nitrogen and oxygen atoms in total. The van der Waals surface area contributed by atoms with Gasteiger partial charge in [-0.2, -0.15) is 13.7 Å². The van der Waals surface area contributed by atoms with E-state index in [1.54, 1.807) is 30.3 Å². The highest BCUT2D eigenvalue weighted by atomic mass is 127. The van der Waals surface area contributed by atoms with E-state index in [0.29, 0.717) is 17.0 Å². The summed E-state index contributed by atoms with van der Waals surface area (Å²) in [6.07, 6.45) is 1.41. The third-order valence-corrected chi connectivity index (χ3v) is 6.13. The number of methoxy groups -OCH3 is 1. The fourth-order valence-corrected chi connectivity index (χ4v) is 4.09. The summed E-state index contributed by atoms with van der Waals surface area (Å²) in [5, 5.41) is 12.0. The van der Waals surface area contributed by atoms with Crippen LogP contribution in [0.3, 0.4) is 0 Å². The van der Waals surface area contributed by atoms with Gasteiger partial charge >= 0.3 is 10.1 Å². The number of rotatable bonds is 7. The number of hydrogen-bond acceptors (Lipinski definition) is 6. The maximum atomic E-state index is 12.4. The van der Waals surface area contributed by atoms with Gasteiger partial charge in [-0.15, -0.1) is 0 Å². The van der Waals surface area contributed by atoms with Crippen molar-refractivity contribution in [3.63, 3.8) is 0 Å². The lowest BCUT2D eigenvalue weighted by Gasteiger charge is -2.08. The average molecular weight is 560 g/mol. The number of halogens is 1. The first kappa shape index (κ1) is 23.3. The van der Waals surface area contributed by atoms with Gasteiger partial charge in [-0.3, -0.25) is 4.79 Å². The maximum Gasteiger partial charge on any atom is 0.339 e. The van der Waals surface area contributed by atoms with Gasteiger partial charge in [-0.05, 0) is 88.8 Å². The molecular weight excluding hydrogens is 543 g/mol. The normalized spacial score (nSPS) is 11.3. The Hall–Kier alpha value is -3.36. The number of nitrogens with one attached hydrogen (secondary N) is 1. The second-order valence-electron chi connectivity index (χ2n) is 6.42. The molecule has 0 heterocycles. The minimum atomic E-state index is -4.02. The SMILES string of the molecule is COc1ccc(S(=O)(=O)Oc2ccc(/C=C(\C#N)C(=O)Nc3cccc(I)c3)cc2)cc1. The number of nitrogens with zero attached hydrogens (tertiary/aromatic N) is 1. The minimum absolute atomic E-state index is 0.0127. The first-order valence-electron chi connectivity index (χ1n) is 9.18. The summed E-state index contributed by atoms with van der Waals surface area (Å²) in [4.78, 5) is 12.4. The third kappa shape index (κ3) is 6.09. The average Bonchev–Trinajstić information content (AvgIpc) is 2.78. The van der Waals surface area contributed by atoms with Gasteiger partial charge in [0.25, 0.3) is 5.91 Å². The van der Waals surface area contributed by atoms with Crippen molar-refractivity contribution in [3.05, 3.63) is 87.5 Å². The number of carbonyl (C=O) groups is 1. The van der Waals surface area contributed by atoms with Crippen molar-refractivity contribution in [2.24, 2.45) is 0 Å². The quantitative estimate of drug-likeness (QED) is 0.196. The lowest BCUT2D eigenvalue weighted by molar-refractivity contribution is -0.112. The maximum absolute atomic E-state index is 12.4. The fourth-order valence-electron chi connectivity index (χ4n) is 2.62. The number of amides is 1. The number of ether oxygens (including phenoxy) is 1. The molecule has 0 aliphatic carbocycles. The Kier molecular flexibility index (Phi) is 7.50. The Labute approximate surface area is 199 Å². The van der Waals surface area contributed by atoms with Crippen molar-refractivity contribution in [1.29, 1.82) is 5.26 Å². The molecule has 0 aromatic heterocycles. The van der Waals surface area contributed by atoms with E-state index in [4.69, 9.17) is 8.92 Å². The van der Waals surface area contributed by atoms with Gasteiger partial charge in [0.2, 0.25) is 0 Å². The molecule has 0 saturated heterocycles. The summed E-state index contributed by atoms with van der Waals surface area (Å²) >= 11 is 2.13. The van der Waals surface area contributed by atoms with Crippen LogP contribution in [0.25, 0.3) is 6.08 Å². The topological polar surface area (TPSA) is 105 Å². The Bertz CT molecular complexity index is 1300. The van der Waals surface area contributed by atoms with Crippen molar-refractivity contribution >= 4 is 50.4 Å². The zero-order valence-electron chi connectivity index (χ0n) is 16.8. The molecule has 0 bridgehead atoms. The van der Waals surface area contributed by atoms with Gasteiger partial charge in [-0.1, -0.05) is 18.2 Å². The molecule has 3 aromatic carbocycles. The number of anilines is 1. The van der Waals surface area contributed by atoms with Crippen LogP contribution in [0, 0.1) is 14.9 Å². The van der Waals surface area contributed by atoms with Crippen LogP contribution in [-0.2, 0) is 14.9 Å². The second-order valence-corrected chi connectivity index (χ2v) is 9.21. The highest BCUT2D eigenvalue weighted by Gasteiger charge is 2.17. The van der Waals surface area contributed by atoms with E-state index in [2.05, 4.69) is 27.9 Å². The zero-order valence-corrected chi connectivity index (χ0v) is 19.8. The van der Waals surface area contributed by atoms with Crippen molar-refractivity contribution in [2.45, 2.75) is 4.90 Å². The molecule has 9 heteroatoms. The monoisotopic (exact) mass is 560 g/mol.